The van der Waals surface area contributed by atoms with Crippen LogP contribution in [-0.2, 0) is 17.8 Å². The standard InChI is InChI=1S/C23H20ClNO5S/c1-29-16-8-6-14(7-9-16)23(28)30-20-12-15-13-25(11-10-19(15)31-20)21(22(26)27)17-4-2-3-5-18(17)24/h2-9,12,21H,10-11,13H2,1H3,(H,26,27). The monoisotopic (exact) mass is 457 g/mol. The predicted molar refractivity (Wildman–Crippen MR) is 118 cm³/mol. The van der Waals surface area contributed by atoms with E-state index in [1.165, 1.54) is 11.3 Å². The summed E-state index contributed by atoms with van der Waals surface area (Å²) in [5, 5.41) is 10.8. The molecule has 0 radical (unpaired) electrons. The van der Waals surface area contributed by atoms with Crippen molar-refractivity contribution in [2.45, 2.75) is 19.0 Å². The van der Waals surface area contributed by atoms with Crippen molar-refractivity contribution in [1.82, 2.24) is 4.90 Å². The van der Waals surface area contributed by atoms with Gasteiger partial charge in [-0.3, -0.25) is 9.69 Å². The number of rotatable bonds is 6. The maximum absolute atomic E-state index is 12.5. The minimum absolute atomic E-state index is 0.429. The number of ether oxygens (including phenoxy) is 2. The van der Waals surface area contributed by atoms with Crippen LogP contribution in [0.3, 0.4) is 0 Å². The Morgan fingerprint density at radius 3 is 2.58 bits per heavy atom. The lowest BCUT2D eigenvalue weighted by Crippen LogP contribution is -2.37. The lowest BCUT2D eigenvalue weighted by Gasteiger charge is -2.32. The Labute approximate surface area is 188 Å². The Balaban J connectivity index is 1.50. The molecule has 1 aliphatic heterocycles. The van der Waals surface area contributed by atoms with Gasteiger partial charge in [0.2, 0.25) is 0 Å². The highest BCUT2D eigenvalue weighted by molar-refractivity contribution is 7.14. The van der Waals surface area contributed by atoms with Crippen molar-refractivity contribution in [2.24, 2.45) is 0 Å². The average molecular weight is 458 g/mol. The SMILES string of the molecule is COc1ccc(C(=O)Oc2cc3c(s2)CCN(C(C(=O)O)c2ccccc2Cl)C3)cc1. The maximum Gasteiger partial charge on any atom is 0.344 e. The zero-order valence-corrected chi connectivity index (χ0v) is 18.3. The van der Waals surface area contributed by atoms with Gasteiger partial charge >= 0.3 is 11.9 Å². The normalized spacial score (nSPS) is 14.5. The Hall–Kier alpha value is -2.87. The van der Waals surface area contributed by atoms with Gasteiger partial charge in [0.25, 0.3) is 0 Å². The molecule has 0 saturated heterocycles. The minimum Gasteiger partial charge on any atom is -0.497 e. The first-order valence-corrected chi connectivity index (χ1v) is 10.8. The van der Waals surface area contributed by atoms with Crippen LogP contribution >= 0.6 is 22.9 Å². The van der Waals surface area contributed by atoms with Gasteiger partial charge in [0.1, 0.15) is 11.8 Å². The summed E-state index contributed by atoms with van der Waals surface area (Å²) < 4.78 is 10.7. The second-order valence-corrected chi connectivity index (χ2v) is 8.62. The van der Waals surface area contributed by atoms with Crippen molar-refractivity contribution in [2.75, 3.05) is 13.7 Å². The molecule has 3 aromatic rings. The predicted octanol–water partition coefficient (Wildman–Crippen LogP) is 4.81. The summed E-state index contributed by atoms with van der Waals surface area (Å²) in [4.78, 5) is 27.5. The smallest absolute Gasteiger partial charge is 0.344 e. The van der Waals surface area contributed by atoms with Gasteiger partial charge in [0.15, 0.2) is 5.06 Å². The molecule has 0 fully saturated rings. The quantitative estimate of drug-likeness (QED) is 0.535. The number of carboxylic acid groups (broad SMARTS) is 1. The number of benzene rings is 2. The van der Waals surface area contributed by atoms with Crippen LogP contribution in [0, 0.1) is 0 Å². The number of halogens is 1. The van der Waals surface area contributed by atoms with Crippen LogP contribution in [0.15, 0.2) is 54.6 Å². The lowest BCUT2D eigenvalue weighted by molar-refractivity contribution is -0.144. The summed E-state index contributed by atoms with van der Waals surface area (Å²) >= 11 is 7.69. The summed E-state index contributed by atoms with van der Waals surface area (Å²) in [5.74, 6) is -0.731. The second kappa shape index (κ2) is 9.09. The van der Waals surface area contributed by atoms with Gasteiger partial charge in [0.05, 0.1) is 12.7 Å². The van der Waals surface area contributed by atoms with Crippen LogP contribution in [0.25, 0.3) is 0 Å². The molecule has 1 atom stereocenters. The molecule has 0 amide bonds. The molecule has 8 heteroatoms. The van der Waals surface area contributed by atoms with E-state index in [1.807, 2.05) is 11.0 Å². The first-order valence-electron chi connectivity index (χ1n) is 9.65. The van der Waals surface area contributed by atoms with E-state index in [0.717, 1.165) is 10.4 Å². The Morgan fingerprint density at radius 1 is 1.16 bits per heavy atom. The Kier molecular flexibility index (Phi) is 6.27. The number of carboxylic acids is 1. The molecule has 6 nitrogen and oxygen atoms in total. The van der Waals surface area contributed by atoms with Gasteiger partial charge in [-0.05, 0) is 53.9 Å². The zero-order valence-electron chi connectivity index (χ0n) is 16.7. The van der Waals surface area contributed by atoms with E-state index >= 15 is 0 Å². The summed E-state index contributed by atoms with van der Waals surface area (Å²) in [7, 11) is 1.56. The highest BCUT2D eigenvalue weighted by atomic mass is 35.5. The number of nitrogens with zero attached hydrogens (tertiary/aromatic N) is 1. The van der Waals surface area contributed by atoms with Crippen LogP contribution in [0.2, 0.25) is 5.02 Å². The molecular weight excluding hydrogens is 438 g/mol. The molecule has 1 aromatic heterocycles. The molecule has 0 spiro atoms. The number of hydrogen-bond donors (Lipinski definition) is 1. The average Bonchev–Trinajstić information content (AvgIpc) is 3.16. The van der Waals surface area contributed by atoms with Crippen molar-refractivity contribution < 1.29 is 24.2 Å². The molecule has 31 heavy (non-hydrogen) atoms. The van der Waals surface area contributed by atoms with Gasteiger partial charge in [0, 0.05) is 23.0 Å². The van der Waals surface area contributed by atoms with Crippen molar-refractivity contribution >= 4 is 34.9 Å². The van der Waals surface area contributed by atoms with Crippen molar-refractivity contribution in [3.05, 3.63) is 81.2 Å². The van der Waals surface area contributed by atoms with Gasteiger partial charge < -0.3 is 14.6 Å². The number of methoxy groups -OCH3 is 1. The summed E-state index contributed by atoms with van der Waals surface area (Å²) in [5.41, 5.74) is 1.96. The molecule has 2 aromatic carbocycles. The molecule has 1 aliphatic rings. The van der Waals surface area contributed by atoms with E-state index in [2.05, 4.69) is 0 Å². The third kappa shape index (κ3) is 4.58. The fourth-order valence-electron chi connectivity index (χ4n) is 3.66. The van der Waals surface area contributed by atoms with Crippen molar-refractivity contribution in [1.29, 1.82) is 0 Å². The first kappa shape index (κ1) is 21.4. The first-order chi connectivity index (χ1) is 15.0. The van der Waals surface area contributed by atoms with E-state index in [0.29, 0.717) is 46.5 Å². The maximum atomic E-state index is 12.5. The molecule has 0 bridgehead atoms. The van der Waals surface area contributed by atoms with E-state index < -0.39 is 18.0 Å². The van der Waals surface area contributed by atoms with Gasteiger partial charge in [-0.15, -0.1) is 11.3 Å². The number of fused-ring (bicyclic) bond motifs is 1. The van der Waals surface area contributed by atoms with Crippen LogP contribution in [-0.4, -0.2) is 35.6 Å². The fraction of sp³-hybridized carbons (Fsp3) is 0.217. The minimum atomic E-state index is -0.946. The second-order valence-electron chi connectivity index (χ2n) is 7.11. The Morgan fingerprint density at radius 2 is 1.90 bits per heavy atom. The molecule has 0 saturated carbocycles. The van der Waals surface area contributed by atoms with E-state index in [1.54, 1.807) is 55.6 Å². The molecule has 1 N–H and O–H groups in total. The molecule has 1 unspecified atom stereocenters. The fourth-order valence-corrected chi connectivity index (χ4v) is 4.91. The number of carbonyl (C=O) groups excluding carboxylic acids is 1. The lowest BCUT2D eigenvalue weighted by atomic mass is 10.0. The molecule has 4 rings (SSSR count). The number of esters is 1. The molecule has 160 valence electrons. The van der Waals surface area contributed by atoms with E-state index in [-0.39, 0.29) is 0 Å². The number of thiophene rings is 1. The largest absolute Gasteiger partial charge is 0.497 e. The van der Waals surface area contributed by atoms with Crippen LogP contribution in [0.5, 0.6) is 10.8 Å². The van der Waals surface area contributed by atoms with Gasteiger partial charge in [-0.1, -0.05) is 29.8 Å². The van der Waals surface area contributed by atoms with Crippen LogP contribution in [0.4, 0.5) is 0 Å². The van der Waals surface area contributed by atoms with E-state index in [4.69, 9.17) is 21.1 Å². The highest BCUT2D eigenvalue weighted by Gasteiger charge is 2.32. The van der Waals surface area contributed by atoms with Gasteiger partial charge in [-0.25, -0.2) is 4.79 Å². The molecular formula is C23H20ClNO5S. The number of hydrogen-bond acceptors (Lipinski definition) is 6. The number of carbonyl (C=O) groups is 2. The topological polar surface area (TPSA) is 76.1 Å². The highest BCUT2D eigenvalue weighted by Crippen LogP contribution is 2.37. The van der Waals surface area contributed by atoms with Crippen LogP contribution in [0.1, 0.15) is 32.4 Å². The third-order valence-electron chi connectivity index (χ3n) is 5.19. The Bertz CT molecular complexity index is 1110. The summed E-state index contributed by atoms with van der Waals surface area (Å²) in [6.07, 6.45) is 0.675. The number of aliphatic carboxylic acids is 1. The summed E-state index contributed by atoms with van der Waals surface area (Å²) in [6.45, 7) is 1.01. The van der Waals surface area contributed by atoms with Crippen LogP contribution < -0.4 is 9.47 Å². The third-order valence-corrected chi connectivity index (χ3v) is 6.65. The summed E-state index contributed by atoms with van der Waals surface area (Å²) in [6, 6.07) is 14.7. The zero-order chi connectivity index (χ0) is 22.0. The van der Waals surface area contributed by atoms with Gasteiger partial charge in [-0.2, -0.15) is 0 Å². The van der Waals surface area contributed by atoms with Crippen molar-refractivity contribution in [3.63, 3.8) is 0 Å². The van der Waals surface area contributed by atoms with E-state index in [9.17, 15) is 14.7 Å². The van der Waals surface area contributed by atoms with Crippen molar-refractivity contribution in [3.8, 4) is 10.8 Å². The molecule has 0 aliphatic carbocycles. The molecule has 2 heterocycles.